The van der Waals surface area contributed by atoms with Gasteiger partial charge in [0.1, 0.15) is 5.56 Å². The van der Waals surface area contributed by atoms with Crippen LogP contribution < -0.4 is 9.47 Å². The lowest BCUT2D eigenvalue weighted by atomic mass is 9.92. The van der Waals surface area contributed by atoms with Crippen molar-refractivity contribution < 1.29 is 19.4 Å². The van der Waals surface area contributed by atoms with Gasteiger partial charge in [0, 0.05) is 0 Å². The number of unbranched alkanes of at least 4 members (excludes halogenated alkanes) is 4. The number of ether oxygens (including phenoxy) is 2. The highest BCUT2D eigenvalue weighted by atomic mass is 16.5. The molecule has 0 aliphatic carbocycles. The van der Waals surface area contributed by atoms with Crippen molar-refractivity contribution in [1.29, 1.82) is 0 Å². The molecule has 1 N–H and O–H groups in total. The number of hydrogen-bond donors (Lipinski definition) is 1. The molecule has 4 nitrogen and oxygen atoms in total. The molecule has 1 rings (SSSR count). The van der Waals surface area contributed by atoms with Crippen molar-refractivity contribution in [3.05, 3.63) is 22.8 Å². The highest BCUT2D eigenvalue weighted by Crippen LogP contribution is 2.38. The molecule has 0 radical (unpaired) electrons. The summed E-state index contributed by atoms with van der Waals surface area (Å²) in [6.45, 7) is 9.60. The van der Waals surface area contributed by atoms with Crippen LogP contribution in [-0.2, 0) is 12.8 Å². The zero-order chi connectivity index (χ0) is 20.1. The van der Waals surface area contributed by atoms with Crippen molar-refractivity contribution in [1.82, 2.24) is 0 Å². The number of hydrogen-bond acceptors (Lipinski definition) is 3. The summed E-state index contributed by atoms with van der Waals surface area (Å²) in [6.07, 6.45) is 9.68. The van der Waals surface area contributed by atoms with Crippen molar-refractivity contribution in [2.75, 3.05) is 13.2 Å². The highest BCUT2D eigenvalue weighted by Gasteiger charge is 2.25. The SMILES string of the molecule is CCCCOc1cc(CCCC)c(CCCC)c(C(=O)O)c1OCCCC. The Kier molecular flexibility index (Phi) is 11.6. The van der Waals surface area contributed by atoms with Crippen molar-refractivity contribution in [2.45, 2.75) is 91.9 Å². The second kappa shape index (κ2) is 13.5. The molecule has 0 saturated heterocycles. The summed E-state index contributed by atoms with van der Waals surface area (Å²) >= 11 is 0. The van der Waals surface area contributed by atoms with Crippen LogP contribution in [0.1, 0.15) is 101 Å². The van der Waals surface area contributed by atoms with Gasteiger partial charge in [-0.2, -0.15) is 0 Å². The Morgan fingerprint density at radius 2 is 1.41 bits per heavy atom. The molecule has 0 aliphatic rings. The molecule has 4 heteroatoms. The summed E-state index contributed by atoms with van der Waals surface area (Å²) < 4.78 is 12.0. The summed E-state index contributed by atoms with van der Waals surface area (Å²) in [5.74, 6) is 0.119. The molecule has 0 aliphatic heterocycles. The van der Waals surface area contributed by atoms with E-state index in [9.17, 15) is 9.90 Å². The summed E-state index contributed by atoms with van der Waals surface area (Å²) in [7, 11) is 0. The molecule has 0 bridgehead atoms. The van der Waals surface area contributed by atoms with Gasteiger partial charge in [-0.3, -0.25) is 0 Å². The predicted octanol–water partition coefficient (Wildman–Crippen LogP) is 6.43. The van der Waals surface area contributed by atoms with Crippen LogP contribution in [0.4, 0.5) is 0 Å². The molecule has 154 valence electrons. The van der Waals surface area contributed by atoms with Gasteiger partial charge in [-0.05, 0) is 55.7 Å². The molecule has 0 saturated carbocycles. The van der Waals surface area contributed by atoms with E-state index in [1.54, 1.807) is 0 Å². The molecule has 0 atom stereocenters. The van der Waals surface area contributed by atoms with E-state index in [1.807, 2.05) is 6.07 Å². The van der Waals surface area contributed by atoms with Gasteiger partial charge in [0.05, 0.1) is 13.2 Å². The van der Waals surface area contributed by atoms with Gasteiger partial charge in [-0.25, -0.2) is 4.79 Å². The van der Waals surface area contributed by atoms with E-state index in [0.717, 1.165) is 75.3 Å². The van der Waals surface area contributed by atoms with Crippen LogP contribution in [0.3, 0.4) is 0 Å². The van der Waals surface area contributed by atoms with Gasteiger partial charge in [0.2, 0.25) is 0 Å². The fraction of sp³-hybridized carbons (Fsp3) is 0.696. The number of carboxylic acid groups (broad SMARTS) is 1. The Morgan fingerprint density at radius 1 is 0.852 bits per heavy atom. The smallest absolute Gasteiger partial charge is 0.339 e. The third kappa shape index (κ3) is 7.43. The minimum absolute atomic E-state index is 0.319. The van der Waals surface area contributed by atoms with Crippen molar-refractivity contribution in [3.8, 4) is 11.5 Å². The Hall–Kier alpha value is -1.71. The van der Waals surface area contributed by atoms with Crippen molar-refractivity contribution >= 4 is 5.97 Å². The minimum atomic E-state index is -0.911. The topological polar surface area (TPSA) is 55.8 Å². The van der Waals surface area contributed by atoms with E-state index in [2.05, 4.69) is 27.7 Å². The van der Waals surface area contributed by atoms with E-state index >= 15 is 0 Å². The lowest BCUT2D eigenvalue weighted by molar-refractivity contribution is 0.0689. The van der Waals surface area contributed by atoms with Crippen LogP contribution in [0.5, 0.6) is 11.5 Å². The summed E-state index contributed by atoms with van der Waals surface area (Å²) in [4.78, 5) is 12.2. The number of carbonyl (C=O) groups is 1. The van der Waals surface area contributed by atoms with Gasteiger partial charge in [-0.1, -0.05) is 53.4 Å². The molecule has 0 heterocycles. The maximum absolute atomic E-state index is 12.2. The molecule has 0 aromatic heterocycles. The summed E-state index contributed by atoms with van der Waals surface area (Å²) in [5.41, 5.74) is 2.36. The molecular formula is C23H38O4. The second-order valence-electron chi connectivity index (χ2n) is 7.13. The molecule has 1 aromatic rings. The molecule has 27 heavy (non-hydrogen) atoms. The average molecular weight is 379 g/mol. The van der Waals surface area contributed by atoms with E-state index in [-0.39, 0.29) is 0 Å². The first-order valence-electron chi connectivity index (χ1n) is 10.8. The third-order valence-electron chi connectivity index (χ3n) is 4.74. The molecule has 0 unspecified atom stereocenters. The lowest BCUT2D eigenvalue weighted by Gasteiger charge is -2.21. The maximum atomic E-state index is 12.2. The standard InChI is InChI=1S/C23H38O4/c1-5-9-13-18-17-20(26-15-11-7-3)22(27-16-12-8-4)21(23(24)25)19(18)14-10-6-2/h17H,5-16H2,1-4H3,(H,24,25). The first-order chi connectivity index (χ1) is 13.1. The first kappa shape index (κ1) is 23.3. The zero-order valence-corrected chi connectivity index (χ0v) is 17.7. The Morgan fingerprint density at radius 3 is 1.96 bits per heavy atom. The van der Waals surface area contributed by atoms with Gasteiger partial charge in [-0.15, -0.1) is 0 Å². The Labute approximate surface area is 165 Å². The lowest BCUT2D eigenvalue weighted by Crippen LogP contribution is -2.13. The van der Waals surface area contributed by atoms with E-state index in [4.69, 9.17) is 9.47 Å². The van der Waals surface area contributed by atoms with E-state index in [0.29, 0.717) is 30.3 Å². The summed E-state index contributed by atoms with van der Waals surface area (Å²) in [6, 6.07) is 2.05. The number of rotatable bonds is 15. The zero-order valence-electron chi connectivity index (χ0n) is 17.7. The number of carboxylic acids is 1. The van der Waals surface area contributed by atoms with E-state index < -0.39 is 5.97 Å². The fourth-order valence-corrected chi connectivity index (χ4v) is 3.08. The average Bonchev–Trinajstić information content (AvgIpc) is 2.65. The third-order valence-corrected chi connectivity index (χ3v) is 4.74. The van der Waals surface area contributed by atoms with Crippen LogP contribution in [0.15, 0.2) is 6.07 Å². The Bertz CT molecular complexity index is 566. The van der Waals surface area contributed by atoms with Crippen LogP contribution in [0.25, 0.3) is 0 Å². The quantitative estimate of drug-likeness (QED) is 0.357. The van der Waals surface area contributed by atoms with Crippen molar-refractivity contribution in [3.63, 3.8) is 0 Å². The minimum Gasteiger partial charge on any atom is -0.490 e. The fourth-order valence-electron chi connectivity index (χ4n) is 3.08. The Balaban J connectivity index is 3.42. The maximum Gasteiger partial charge on any atom is 0.339 e. The highest BCUT2D eigenvalue weighted by molar-refractivity contribution is 5.94. The second-order valence-corrected chi connectivity index (χ2v) is 7.13. The van der Waals surface area contributed by atoms with Crippen molar-refractivity contribution in [2.24, 2.45) is 0 Å². The van der Waals surface area contributed by atoms with Crippen LogP contribution >= 0.6 is 0 Å². The number of aryl methyl sites for hydroxylation is 1. The predicted molar refractivity (Wildman–Crippen MR) is 111 cm³/mol. The van der Waals surface area contributed by atoms with Crippen LogP contribution in [0, 0.1) is 0 Å². The van der Waals surface area contributed by atoms with Gasteiger partial charge in [0.25, 0.3) is 0 Å². The van der Waals surface area contributed by atoms with Crippen LogP contribution in [0.2, 0.25) is 0 Å². The number of benzene rings is 1. The normalized spacial score (nSPS) is 10.8. The monoisotopic (exact) mass is 378 g/mol. The number of aromatic carboxylic acids is 1. The molecule has 0 spiro atoms. The van der Waals surface area contributed by atoms with Gasteiger partial charge >= 0.3 is 5.97 Å². The molecular weight excluding hydrogens is 340 g/mol. The van der Waals surface area contributed by atoms with Gasteiger partial charge in [0.15, 0.2) is 11.5 Å². The molecule has 0 amide bonds. The van der Waals surface area contributed by atoms with Crippen LogP contribution in [-0.4, -0.2) is 24.3 Å². The largest absolute Gasteiger partial charge is 0.490 e. The first-order valence-corrected chi connectivity index (χ1v) is 10.8. The molecule has 0 fully saturated rings. The van der Waals surface area contributed by atoms with Gasteiger partial charge < -0.3 is 14.6 Å². The molecule has 1 aromatic carbocycles. The summed E-state index contributed by atoms with van der Waals surface area (Å²) in [5, 5.41) is 10.0. The van der Waals surface area contributed by atoms with E-state index in [1.165, 1.54) is 0 Å².